The Kier molecular flexibility index (Phi) is 10.2. The number of carbonyl (C=O) groups excluding carboxylic acids is 2. The van der Waals surface area contributed by atoms with Gasteiger partial charge in [0.1, 0.15) is 5.75 Å². The third kappa shape index (κ3) is 7.55. The van der Waals surface area contributed by atoms with Gasteiger partial charge in [0.2, 0.25) is 5.91 Å². The van der Waals surface area contributed by atoms with E-state index < -0.39 is 0 Å². The molecule has 3 aromatic rings. The Hall–Kier alpha value is -3.65. The first-order chi connectivity index (χ1) is 19.7. The molecule has 8 nitrogen and oxygen atoms in total. The average molecular weight is 560 g/mol. The van der Waals surface area contributed by atoms with Gasteiger partial charge in [-0.25, -0.2) is 0 Å². The molecule has 0 N–H and O–H groups in total. The van der Waals surface area contributed by atoms with Crippen LogP contribution in [0.4, 0.5) is 5.69 Å². The molecule has 1 aromatic heterocycles. The number of aryl methyl sites for hydroxylation is 3. The molecule has 0 spiro atoms. The van der Waals surface area contributed by atoms with E-state index >= 15 is 0 Å². The first-order valence-corrected chi connectivity index (χ1v) is 14.7. The molecule has 0 unspecified atom stereocenters. The summed E-state index contributed by atoms with van der Waals surface area (Å²) < 4.78 is 7.75. The largest absolute Gasteiger partial charge is 0.484 e. The van der Waals surface area contributed by atoms with Gasteiger partial charge in [0, 0.05) is 57.9 Å². The summed E-state index contributed by atoms with van der Waals surface area (Å²) >= 11 is 0. The average Bonchev–Trinajstić information content (AvgIpc) is 3.17. The second kappa shape index (κ2) is 13.8. The highest BCUT2D eigenvalue weighted by atomic mass is 16.5. The molecule has 0 fully saturated rings. The lowest BCUT2D eigenvalue weighted by Crippen LogP contribution is -2.41. The number of amides is 2. The van der Waals surface area contributed by atoms with Crippen molar-refractivity contribution < 1.29 is 14.3 Å². The lowest BCUT2D eigenvalue weighted by molar-refractivity contribution is -0.132. The van der Waals surface area contributed by atoms with Crippen LogP contribution in [0.1, 0.15) is 54.8 Å². The quantitative estimate of drug-likeness (QED) is 0.415. The SMILES string of the molecule is Cc1cccc2c1N(C(=O)COc1ccccc1)CCCN(C(C)C)CCN(C(=O)CCc1c(C)nn(C)c1C)C2. The van der Waals surface area contributed by atoms with Crippen LogP contribution in [0.25, 0.3) is 0 Å². The van der Waals surface area contributed by atoms with E-state index in [1.807, 2.05) is 77.8 Å². The van der Waals surface area contributed by atoms with Crippen LogP contribution in [0.2, 0.25) is 0 Å². The van der Waals surface area contributed by atoms with Crippen LogP contribution >= 0.6 is 0 Å². The molecule has 2 heterocycles. The predicted molar refractivity (Wildman–Crippen MR) is 163 cm³/mol. The molecule has 0 bridgehead atoms. The second-order valence-electron chi connectivity index (χ2n) is 11.3. The summed E-state index contributed by atoms with van der Waals surface area (Å²) in [4.78, 5) is 33.7. The van der Waals surface area contributed by atoms with Gasteiger partial charge in [0.05, 0.1) is 11.4 Å². The number of anilines is 1. The Morgan fingerprint density at radius 2 is 1.68 bits per heavy atom. The molecule has 1 aliphatic rings. The summed E-state index contributed by atoms with van der Waals surface area (Å²) in [5, 5.41) is 4.53. The van der Waals surface area contributed by atoms with Gasteiger partial charge in [-0.2, -0.15) is 5.10 Å². The van der Waals surface area contributed by atoms with E-state index in [0.29, 0.717) is 44.3 Å². The van der Waals surface area contributed by atoms with Gasteiger partial charge < -0.3 is 14.5 Å². The Morgan fingerprint density at radius 3 is 2.37 bits per heavy atom. The fraction of sp³-hybridized carbons (Fsp3) is 0.485. The van der Waals surface area contributed by atoms with E-state index in [1.165, 1.54) is 0 Å². The number of hydrogen-bond donors (Lipinski definition) is 0. The molecule has 2 amide bonds. The maximum Gasteiger partial charge on any atom is 0.264 e. The molecule has 0 radical (unpaired) electrons. The number of benzene rings is 2. The Morgan fingerprint density at radius 1 is 0.927 bits per heavy atom. The van der Waals surface area contributed by atoms with Gasteiger partial charge in [-0.05, 0) is 76.3 Å². The van der Waals surface area contributed by atoms with Crippen molar-refractivity contribution in [3.05, 3.63) is 76.6 Å². The number of carbonyl (C=O) groups is 2. The molecular formula is C33H45N5O3. The molecule has 0 aliphatic carbocycles. The number of nitrogens with zero attached hydrogens (tertiary/aromatic N) is 5. The Labute approximate surface area is 244 Å². The van der Waals surface area contributed by atoms with Crippen LogP contribution in [0.5, 0.6) is 5.75 Å². The smallest absolute Gasteiger partial charge is 0.264 e. The van der Waals surface area contributed by atoms with E-state index in [-0.39, 0.29) is 18.4 Å². The number of rotatable bonds is 7. The Bertz CT molecular complexity index is 1330. The summed E-state index contributed by atoms with van der Waals surface area (Å²) in [6.07, 6.45) is 1.91. The summed E-state index contributed by atoms with van der Waals surface area (Å²) in [7, 11) is 1.94. The molecular weight excluding hydrogens is 514 g/mol. The molecule has 41 heavy (non-hydrogen) atoms. The van der Waals surface area contributed by atoms with Gasteiger partial charge in [0.15, 0.2) is 6.61 Å². The molecule has 1 aliphatic heterocycles. The van der Waals surface area contributed by atoms with Crippen molar-refractivity contribution in [2.24, 2.45) is 7.05 Å². The summed E-state index contributed by atoms with van der Waals surface area (Å²) in [6, 6.07) is 15.9. The van der Waals surface area contributed by atoms with Crippen molar-refractivity contribution in [1.29, 1.82) is 0 Å². The van der Waals surface area contributed by atoms with Crippen LogP contribution in [-0.4, -0.2) is 70.2 Å². The zero-order valence-electron chi connectivity index (χ0n) is 25.5. The van der Waals surface area contributed by atoms with E-state index in [4.69, 9.17) is 4.74 Å². The van der Waals surface area contributed by atoms with Gasteiger partial charge in [0.25, 0.3) is 5.91 Å². The zero-order chi connectivity index (χ0) is 29.5. The molecule has 220 valence electrons. The molecule has 0 atom stereocenters. The maximum absolute atomic E-state index is 13.8. The maximum atomic E-state index is 13.8. The van der Waals surface area contributed by atoms with Crippen molar-refractivity contribution in [3.8, 4) is 5.75 Å². The van der Waals surface area contributed by atoms with Crippen molar-refractivity contribution in [3.63, 3.8) is 0 Å². The highest BCUT2D eigenvalue weighted by Crippen LogP contribution is 2.28. The van der Waals surface area contributed by atoms with Gasteiger partial charge >= 0.3 is 0 Å². The number of fused-ring (bicyclic) bond motifs is 1. The number of aromatic nitrogens is 2. The lowest BCUT2D eigenvalue weighted by Gasteiger charge is -2.30. The minimum absolute atomic E-state index is 0.0435. The van der Waals surface area contributed by atoms with Crippen molar-refractivity contribution >= 4 is 17.5 Å². The van der Waals surface area contributed by atoms with Crippen LogP contribution in [0, 0.1) is 20.8 Å². The van der Waals surface area contributed by atoms with E-state index in [9.17, 15) is 9.59 Å². The standard InChI is InChI=1S/C33H45N5O3/c1-24(2)36-18-11-19-38(32(40)23-41-29-14-8-7-9-15-29)33-25(3)12-10-13-28(33)22-37(21-20-36)31(39)17-16-30-26(4)34-35(6)27(30)5/h7-10,12-15,24H,11,16-23H2,1-6H3. The Balaban J connectivity index is 1.61. The van der Waals surface area contributed by atoms with E-state index in [0.717, 1.165) is 53.3 Å². The second-order valence-corrected chi connectivity index (χ2v) is 11.3. The first-order valence-electron chi connectivity index (χ1n) is 14.7. The fourth-order valence-electron chi connectivity index (χ4n) is 5.71. The van der Waals surface area contributed by atoms with Crippen molar-refractivity contribution in [1.82, 2.24) is 19.6 Å². The fourth-order valence-corrected chi connectivity index (χ4v) is 5.71. The number of ether oxygens (including phenoxy) is 1. The van der Waals surface area contributed by atoms with Crippen molar-refractivity contribution in [2.45, 2.75) is 66.5 Å². The third-order valence-electron chi connectivity index (χ3n) is 8.17. The van der Waals surface area contributed by atoms with Crippen LogP contribution in [0.15, 0.2) is 48.5 Å². The number of para-hydroxylation sites is 2. The molecule has 4 rings (SSSR count). The van der Waals surface area contributed by atoms with Crippen LogP contribution in [-0.2, 0) is 29.6 Å². The van der Waals surface area contributed by atoms with Crippen molar-refractivity contribution in [2.75, 3.05) is 37.7 Å². The first kappa shape index (κ1) is 30.3. The predicted octanol–water partition coefficient (Wildman–Crippen LogP) is 4.83. The zero-order valence-corrected chi connectivity index (χ0v) is 25.5. The summed E-state index contributed by atoms with van der Waals surface area (Å²) in [6.45, 7) is 13.8. The van der Waals surface area contributed by atoms with Crippen LogP contribution in [0.3, 0.4) is 0 Å². The lowest BCUT2D eigenvalue weighted by atomic mass is 10.0. The van der Waals surface area contributed by atoms with Gasteiger partial charge in [-0.1, -0.05) is 36.4 Å². The third-order valence-corrected chi connectivity index (χ3v) is 8.17. The van der Waals surface area contributed by atoms with Gasteiger partial charge in [-0.15, -0.1) is 0 Å². The summed E-state index contributed by atoms with van der Waals surface area (Å²) in [5.41, 5.74) is 6.13. The summed E-state index contributed by atoms with van der Waals surface area (Å²) in [5.74, 6) is 0.707. The molecule has 0 saturated heterocycles. The van der Waals surface area contributed by atoms with E-state index in [1.54, 1.807) is 0 Å². The normalized spacial score (nSPS) is 15.0. The van der Waals surface area contributed by atoms with Crippen LogP contribution < -0.4 is 9.64 Å². The highest BCUT2D eigenvalue weighted by Gasteiger charge is 2.26. The monoisotopic (exact) mass is 559 g/mol. The highest BCUT2D eigenvalue weighted by molar-refractivity contribution is 5.96. The van der Waals surface area contributed by atoms with E-state index in [2.05, 4.69) is 36.8 Å². The molecule has 0 saturated carbocycles. The topological polar surface area (TPSA) is 70.9 Å². The minimum atomic E-state index is -0.0832. The molecule has 2 aromatic carbocycles. The number of hydrogen-bond acceptors (Lipinski definition) is 5. The van der Waals surface area contributed by atoms with Gasteiger partial charge in [-0.3, -0.25) is 19.2 Å². The molecule has 8 heteroatoms. The minimum Gasteiger partial charge on any atom is -0.484 e.